The lowest BCUT2D eigenvalue weighted by molar-refractivity contribution is 0.338. The molecule has 1 N–H and O–H groups in total. The topological polar surface area (TPSA) is 25.2 Å². The monoisotopic (exact) mass is 177 g/mol. The third-order valence-corrected chi connectivity index (χ3v) is 3.91. The van der Waals surface area contributed by atoms with E-state index in [2.05, 4.69) is 18.3 Å². The van der Waals surface area contributed by atoms with Gasteiger partial charge in [-0.3, -0.25) is 0 Å². The summed E-state index contributed by atoms with van der Waals surface area (Å²) in [5, 5.41) is 3.47. The second kappa shape index (κ2) is 2.38. The van der Waals surface area contributed by atoms with Gasteiger partial charge in [-0.05, 0) is 24.9 Å². The zero-order valence-electron chi connectivity index (χ0n) is 7.97. The molecular weight excluding hydrogens is 162 g/mol. The number of hydrogen-bond acceptors (Lipinski definition) is 2. The fourth-order valence-corrected chi connectivity index (χ4v) is 3.04. The van der Waals surface area contributed by atoms with Gasteiger partial charge in [-0.1, -0.05) is 6.92 Å². The van der Waals surface area contributed by atoms with E-state index in [1.165, 1.54) is 17.7 Å². The molecule has 3 rings (SSSR count). The van der Waals surface area contributed by atoms with Crippen LogP contribution >= 0.6 is 0 Å². The third kappa shape index (κ3) is 0.819. The van der Waals surface area contributed by atoms with Crippen molar-refractivity contribution in [3.8, 4) is 0 Å². The van der Waals surface area contributed by atoms with Gasteiger partial charge in [0.05, 0.1) is 6.26 Å². The van der Waals surface area contributed by atoms with E-state index in [4.69, 9.17) is 4.42 Å². The first-order valence-corrected chi connectivity index (χ1v) is 5.10. The number of nitrogens with one attached hydrogen (secondary N) is 1. The molecule has 0 bridgehead atoms. The Morgan fingerprint density at radius 3 is 3.31 bits per heavy atom. The minimum atomic E-state index is 0.405. The van der Waals surface area contributed by atoms with Crippen LogP contribution in [0.5, 0.6) is 0 Å². The summed E-state index contributed by atoms with van der Waals surface area (Å²) < 4.78 is 5.51. The molecule has 1 fully saturated rings. The summed E-state index contributed by atoms with van der Waals surface area (Å²) in [4.78, 5) is 0. The lowest BCUT2D eigenvalue weighted by Crippen LogP contribution is -2.32. The molecule has 70 valence electrons. The highest BCUT2D eigenvalue weighted by Gasteiger charge is 2.47. The molecule has 1 aliphatic heterocycles. The van der Waals surface area contributed by atoms with Gasteiger partial charge < -0.3 is 9.73 Å². The Kier molecular flexibility index (Phi) is 1.40. The molecule has 2 atom stereocenters. The van der Waals surface area contributed by atoms with Crippen molar-refractivity contribution in [3.05, 3.63) is 23.7 Å². The van der Waals surface area contributed by atoms with Crippen LogP contribution in [0.2, 0.25) is 0 Å². The van der Waals surface area contributed by atoms with Gasteiger partial charge in [-0.2, -0.15) is 0 Å². The van der Waals surface area contributed by atoms with E-state index >= 15 is 0 Å². The van der Waals surface area contributed by atoms with E-state index < -0.39 is 0 Å². The first-order chi connectivity index (χ1) is 6.33. The molecule has 0 radical (unpaired) electrons. The summed E-state index contributed by atoms with van der Waals surface area (Å²) in [6, 6.07) is 2.17. The van der Waals surface area contributed by atoms with Crippen LogP contribution in [-0.2, 0) is 11.8 Å². The Labute approximate surface area is 78.3 Å². The first kappa shape index (κ1) is 7.63. The molecule has 1 spiro atoms. The van der Waals surface area contributed by atoms with Crippen molar-refractivity contribution in [2.75, 3.05) is 13.1 Å². The van der Waals surface area contributed by atoms with Crippen LogP contribution in [0.15, 0.2) is 16.7 Å². The SMILES string of the molecule is CC1Cc2occc2C12CCNC2. The van der Waals surface area contributed by atoms with Crippen LogP contribution in [0.25, 0.3) is 0 Å². The normalized spacial score (nSPS) is 37.2. The van der Waals surface area contributed by atoms with Crippen molar-refractivity contribution in [3.63, 3.8) is 0 Å². The van der Waals surface area contributed by atoms with Crippen LogP contribution in [-0.4, -0.2) is 13.1 Å². The second-order valence-corrected chi connectivity index (χ2v) is 4.45. The van der Waals surface area contributed by atoms with Gasteiger partial charge in [0.25, 0.3) is 0 Å². The van der Waals surface area contributed by atoms with Crippen molar-refractivity contribution >= 4 is 0 Å². The highest BCUT2D eigenvalue weighted by Crippen LogP contribution is 2.47. The van der Waals surface area contributed by atoms with Crippen molar-refractivity contribution in [2.24, 2.45) is 5.92 Å². The van der Waals surface area contributed by atoms with E-state index in [1.807, 2.05) is 6.26 Å². The molecule has 2 heteroatoms. The highest BCUT2D eigenvalue weighted by molar-refractivity contribution is 5.36. The maximum Gasteiger partial charge on any atom is 0.107 e. The Bertz CT molecular complexity index is 323. The molecule has 0 saturated carbocycles. The molecule has 13 heavy (non-hydrogen) atoms. The van der Waals surface area contributed by atoms with Crippen molar-refractivity contribution in [1.29, 1.82) is 0 Å². The smallest absolute Gasteiger partial charge is 0.107 e. The molecule has 1 aliphatic carbocycles. The second-order valence-electron chi connectivity index (χ2n) is 4.45. The van der Waals surface area contributed by atoms with E-state index in [-0.39, 0.29) is 0 Å². The van der Waals surface area contributed by atoms with Gasteiger partial charge in [0.1, 0.15) is 5.76 Å². The van der Waals surface area contributed by atoms with Crippen LogP contribution in [0, 0.1) is 5.92 Å². The van der Waals surface area contributed by atoms with Crippen molar-refractivity contribution < 1.29 is 4.42 Å². The number of hydrogen-bond donors (Lipinski definition) is 1. The molecule has 2 heterocycles. The molecule has 2 nitrogen and oxygen atoms in total. The summed E-state index contributed by atoms with van der Waals surface area (Å²) in [6.45, 7) is 4.65. The Hall–Kier alpha value is -0.760. The minimum Gasteiger partial charge on any atom is -0.469 e. The Morgan fingerprint density at radius 1 is 1.62 bits per heavy atom. The largest absolute Gasteiger partial charge is 0.469 e. The minimum absolute atomic E-state index is 0.405. The number of rotatable bonds is 0. The molecule has 0 amide bonds. The average Bonchev–Trinajstić information content (AvgIpc) is 2.72. The van der Waals surface area contributed by atoms with Crippen molar-refractivity contribution in [1.82, 2.24) is 5.32 Å². The molecule has 2 aliphatic rings. The van der Waals surface area contributed by atoms with Gasteiger partial charge in [-0.25, -0.2) is 0 Å². The summed E-state index contributed by atoms with van der Waals surface area (Å²) in [5.41, 5.74) is 1.88. The molecular formula is C11H15NO. The molecule has 1 saturated heterocycles. The zero-order chi connectivity index (χ0) is 8.89. The number of furan rings is 1. The Balaban J connectivity index is 2.12. The van der Waals surface area contributed by atoms with E-state index in [0.717, 1.165) is 25.4 Å². The van der Waals surface area contributed by atoms with E-state index in [9.17, 15) is 0 Å². The van der Waals surface area contributed by atoms with E-state index in [1.54, 1.807) is 0 Å². The molecule has 0 aromatic carbocycles. The van der Waals surface area contributed by atoms with Crippen LogP contribution < -0.4 is 5.32 Å². The van der Waals surface area contributed by atoms with Gasteiger partial charge in [0.2, 0.25) is 0 Å². The van der Waals surface area contributed by atoms with Crippen molar-refractivity contribution in [2.45, 2.75) is 25.2 Å². The lowest BCUT2D eigenvalue weighted by Gasteiger charge is -2.27. The number of fused-ring (bicyclic) bond motifs is 2. The Morgan fingerprint density at radius 2 is 2.54 bits per heavy atom. The van der Waals surface area contributed by atoms with Gasteiger partial charge >= 0.3 is 0 Å². The van der Waals surface area contributed by atoms with Gasteiger partial charge in [0.15, 0.2) is 0 Å². The highest BCUT2D eigenvalue weighted by atomic mass is 16.3. The maximum atomic E-state index is 5.51. The predicted molar refractivity (Wildman–Crippen MR) is 50.7 cm³/mol. The molecule has 1 aromatic rings. The maximum absolute atomic E-state index is 5.51. The summed E-state index contributed by atoms with van der Waals surface area (Å²) in [5.74, 6) is 1.98. The lowest BCUT2D eigenvalue weighted by atomic mass is 9.75. The zero-order valence-corrected chi connectivity index (χ0v) is 7.97. The summed E-state index contributed by atoms with van der Waals surface area (Å²) in [7, 11) is 0. The van der Waals surface area contributed by atoms with Crippen LogP contribution in [0.4, 0.5) is 0 Å². The van der Waals surface area contributed by atoms with E-state index in [0.29, 0.717) is 5.41 Å². The fourth-order valence-electron chi connectivity index (χ4n) is 3.04. The third-order valence-electron chi connectivity index (χ3n) is 3.91. The summed E-state index contributed by atoms with van der Waals surface area (Å²) in [6.07, 6.45) is 4.25. The van der Waals surface area contributed by atoms with Gasteiger partial charge in [-0.15, -0.1) is 0 Å². The average molecular weight is 177 g/mol. The summed E-state index contributed by atoms with van der Waals surface area (Å²) >= 11 is 0. The van der Waals surface area contributed by atoms with Gasteiger partial charge in [0, 0.05) is 23.9 Å². The standard InChI is InChI=1S/C11H15NO/c1-8-6-10-9(2-5-13-10)11(8)3-4-12-7-11/h2,5,8,12H,3-4,6-7H2,1H3. The fraction of sp³-hybridized carbons (Fsp3) is 0.636. The van der Waals surface area contributed by atoms with Crippen LogP contribution in [0.1, 0.15) is 24.7 Å². The van der Waals surface area contributed by atoms with Crippen LogP contribution in [0.3, 0.4) is 0 Å². The first-order valence-electron chi connectivity index (χ1n) is 5.10. The predicted octanol–water partition coefficient (Wildman–Crippen LogP) is 1.70. The molecule has 1 aromatic heterocycles. The molecule has 2 unspecified atom stereocenters. The quantitative estimate of drug-likeness (QED) is 0.652.